The van der Waals surface area contributed by atoms with Crippen molar-refractivity contribution >= 4 is 86.0 Å². The molecule has 0 fully saturated rings. The van der Waals surface area contributed by atoms with Crippen LogP contribution in [0.4, 0.5) is 0 Å². The number of rotatable bonds is 4. The van der Waals surface area contributed by atoms with Crippen LogP contribution in [-0.4, -0.2) is 19.5 Å². The topological polar surface area (TPSA) is 56.7 Å². The van der Waals surface area contributed by atoms with E-state index in [9.17, 15) is 0 Å². The van der Waals surface area contributed by atoms with Crippen molar-refractivity contribution in [3.63, 3.8) is 0 Å². The van der Waals surface area contributed by atoms with Gasteiger partial charge in [-0.25, -0.2) is 15.0 Å². The summed E-state index contributed by atoms with van der Waals surface area (Å²) in [7, 11) is 0. The molecule has 12 rings (SSSR count). The summed E-state index contributed by atoms with van der Waals surface area (Å²) in [5, 5.41) is 9.32. The predicted octanol–water partition coefficient (Wildman–Crippen LogP) is 13.4. The van der Waals surface area contributed by atoms with Gasteiger partial charge < -0.3 is 8.98 Å². The van der Waals surface area contributed by atoms with Crippen molar-refractivity contribution in [1.82, 2.24) is 19.5 Å². The highest BCUT2D eigenvalue weighted by Gasteiger charge is 2.22. The quantitative estimate of drug-likeness (QED) is 0.182. The van der Waals surface area contributed by atoms with Crippen LogP contribution in [0.25, 0.3) is 115 Å². The Morgan fingerprint density at radius 1 is 0.455 bits per heavy atom. The summed E-state index contributed by atoms with van der Waals surface area (Å²) in [5.74, 6) is 1.96. The Morgan fingerprint density at radius 2 is 1.11 bits per heavy atom. The predicted molar refractivity (Wildman–Crippen MR) is 228 cm³/mol. The van der Waals surface area contributed by atoms with E-state index in [1.807, 2.05) is 53.8 Å². The molecule has 0 radical (unpaired) electrons. The smallest absolute Gasteiger partial charge is 0.164 e. The lowest BCUT2D eigenvalue weighted by Crippen LogP contribution is -2.00. The highest BCUT2D eigenvalue weighted by molar-refractivity contribution is 7.26. The van der Waals surface area contributed by atoms with E-state index in [0.29, 0.717) is 17.5 Å². The number of hydrogen-bond donors (Lipinski definition) is 0. The van der Waals surface area contributed by atoms with Crippen LogP contribution in [0.5, 0.6) is 0 Å². The van der Waals surface area contributed by atoms with Crippen LogP contribution in [0.15, 0.2) is 174 Å². The number of nitrogens with zero attached hydrogens (tertiary/aromatic N) is 4. The van der Waals surface area contributed by atoms with E-state index in [1.165, 1.54) is 30.9 Å². The minimum atomic E-state index is 0.650. The highest BCUT2D eigenvalue weighted by atomic mass is 32.1. The third kappa shape index (κ3) is 4.55. The van der Waals surface area contributed by atoms with Crippen LogP contribution in [0, 0.1) is 0 Å². The fourth-order valence-electron chi connectivity index (χ4n) is 8.37. The fraction of sp³-hybridized carbons (Fsp3) is 0. The van der Waals surface area contributed by atoms with Crippen LogP contribution in [0.1, 0.15) is 0 Å². The molecule has 4 heterocycles. The van der Waals surface area contributed by atoms with Gasteiger partial charge in [0.15, 0.2) is 17.5 Å². The van der Waals surface area contributed by atoms with Gasteiger partial charge in [0.25, 0.3) is 0 Å². The molecule has 12 aromatic rings. The number of para-hydroxylation sites is 2. The lowest BCUT2D eigenvalue weighted by molar-refractivity contribution is 0.669. The molecule has 8 aromatic carbocycles. The second-order valence-corrected chi connectivity index (χ2v) is 15.0. The van der Waals surface area contributed by atoms with E-state index >= 15 is 0 Å². The second kappa shape index (κ2) is 11.7. The van der Waals surface area contributed by atoms with Crippen molar-refractivity contribution in [2.75, 3.05) is 0 Å². The number of furan rings is 1. The van der Waals surface area contributed by atoms with Crippen LogP contribution < -0.4 is 0 Å². The first kappa shape index (κ1) is 30.3. The largest absolute Gasteiger partial charge is 0.456 e. The van der Waals surface area contributed by atoms with Gasteiger partial charge >= 0.3 is 0 Å². The SMILES string of the molecule is c1ccc(-c2nc(-c3ccccc3)nc(-c3cc4ccc(-n5c6ccccc6c6ccc7oc8ccccc8c7c65)cc4c4sc5ccccc5c34)n2)cc1. The molecule has 0 atom stereocenters. The van der Waals surface area contributed by atoms with E-state index in [4.69, 9.17) is 19.4 Å². The van der Waals surface area contributed by atoms with Crippen molar-refractivity contribution in [3.05, 3.63) is 170 Å². The average molecular weight is 721 g/mol. The molecule has 4 aromatic heterocycles. The molecule has 0 saturated carbocycles. The summed E-state index contributed by atoms with van der Waals surface area (Å²) < 4.78 is 11.3. The van der Waals surface area contributed by atoms with Crippen LogP contribution >= 0.6 is 11.3 Å². The molecule has 5 nitrogen and oxygen atoms in total. The molecule has 256 valence electrons. The summed E-state index contributed by atoms with van der Waals surface area (Å²) in [6.07, 6.45) is 0. The summed E-state index contributed by atoms with van der Waals surface area (Å²) in [6, 6.07) is 59.5. The Kier molecular flexibility index (Phi) is 6.44. The first-order valence-corrected chi connectivity index (χ1v) is 19.2. The molecule has 0 aliphatic rings. The molecular weight excluding hydrogens is 693 g/mol. The Balaban J connectivity index is 1.16. The number of fused-ring (bicyclic) bond motifs is 12. The Hall–Kier alpha value is -7.15. The normalized spacial score (nSPS) is 12.0. The third-order valence-corrected chi connectivity index (χ3v) is 12.0. The lowest BCUT2D eigenvalue weighted by atomic mass is 9.99. The molecule has 0 bridgehead atoms. The molecule has 0 aliphatic heterocycles. The number of thiophene rings is 1. The van der Waals surface area contributed by atoms with Crippen molar-refractivity contribution in [2.45, 2.75) is 0 Å². The van der Waals surface area contributed by atoms with E-state index < -0.39 is 0 Å². The molecule has 0 unspecified atom stereocenters. The minimum absolute atomic E-state index is 0.650. The zero-order valence-electron chi connectivity index (χ0n) is 29.3. The Labute approximate surface area is 318 Å². The minimum Gasteiger partial charge on any atom is -0.456 e. The molecule has 0 spiro atoms. The van der Waals surface area contributed by atoms with Crippen molar-refractivity contribution in [2.24, 2.45) is 0 Å². The van der Waals surface area contributed by atoms with Crippen LogP contribution in [0.3, 0.4) is 0 Å². The van der Waals surface area contributed by atoms with Crippen molar-refractivity contribution in [3.8, 4) is 39.9 Å². The fourth-order valence-corrected chi connectivity index (χ4v) is 9.63. The van der Waals surface area contributed by atoms with Crippen LogP contribution in [-0.2, 0) is 0 Å². The number of benzene rings is 8. The second-order valence-electron chi connectivity index (χ2n) is 14.0. The van der Waals surface area contributed by atoms with Gasteiger partial charge in [0.2, 0.25) is 0 Å². The summed E-state index contributed by atoms with van der Waals surface area (Å²) in [5.41, 5.74) is 8.08. The molecule has 0 saturated heterocycles. The van der Waals surface area contributed by atoms with E-state index in [-0.39, 0.29) is 0 Å². The van der Waals surface area contributed by atoms with Gasteiger partial charge in [-0.05, 0) is 53.9 Å². The van der Waals surface area contributed by atoms with E-state index in [0.717, 1.165) is 66.1 Å². The summed E-state index contributed by atoms with van der Waals surface area (Å²) >= 11 is 1.82. The maximum absolute atomic E-state index is 6.41. The van der Waals surface area contributed by atoms with Crippen molar-refractivity contribution in [1.29, 1.82) is 0 Å². The zero-order valence-corrected chi connectivity index (χ0v) is 30.1. The van der Waals surface area contributed by atoms with Gasteiger partial charge in [-0.2, -0.15) is 0 Å². The average Bonchev–Trinajstić information content (AvgIpc) is 3.94. The molecule has 0 aliphatic carbocycles. The standard InChI is InChI=1S/C49H28N4OS/c1-3-13-29(14-4-1)47-50-48(30-15-5-2-6-16-30)52-49(51-47)38-27-31-23-24-32(28-37(31)46-43(38)36-19-9-12-22-42(36)55-46)53-39-20-10-7-17-33(39)34-25-26-41-44(45(34)53)35-18-8-11-21-40(35)54-41/h1-28H. The van der Waals surface area contributed by atoms with Gasteiger partial charge in [0.1, 0.15) is 11.2 Å². The maximum atomic E-state index is 6.41. The first-order chi connectivity index (χ1) is 27.3. The molecule has 0 N–H and O–H groups in total. The van der Waals surface area contributed by atoms with Crippen molar-refractivity contribution < 1.29 is 4.42 Å². The number of aromatic nitrogens is 4. The molecular formula is C49H28N4OS. The summed E-state index contributed by atoms with van der Waals surface area (Å²) in [4.78, 5) is 15.4. The van der Waals surface area contributed by atoms with E-state index in [1.54, 1.807) is 0 Å². The third-order valence-electron chi connectivity index (χ3n) is 10.8. The van der Waals surface area contributed by atoms with Gasteiger partial charge in [0, 0.05) is 64.1 Å². The Morgan fingerprint density at radius 3 is 1.89 bits per heavy atom. The van der Waals surface area contributed by atoms with E-state index in [2.05, 4.69) is 132 Å². The molecule has 6 heteroatoms. The van der Waals surface area contributed by atoms with Crippen LogP contribution in [0.2, 0.25) is 0 Å². The molecule has 0 amide bonds. The monoisotopic (exact) mass is 720 g/mol. The number of hydrogen-bond acceptors (Lipinski definition) is 5. The van der Waals surface area contributed by atoms with Gasteiger partial charge in [-0.15, -0.1) is 11.3 Å². The zero-order chi connectivity index (χ0) is 36.0. The highest BCUT2D eigenvalue weighted by Crippen LogP contribution is 2.46. The molecule has 55 heavy (non-hydrogen) atoms. The first-order valence-electron chi connectivity index (χ1n) is 18.4. The van der Waals surface area contributed by atoms with Gasteiger partial charge in [0.05, 0.1) is 16.4 Å². The Bertz CT molecular complexity index is 3430. The lowest BCUT2D eigenvalue weighted by Gasteiger charge is -2.13. The summed E-state index contributed by atoms with van der Waals surface area (Å²) in [6.45, 7) is 0. The van der Waals surface area contributed by atoms with Gasteiger partial charge in [-0.3, -0.25) is 0 Å². The maximum Gasteiger partial charge on any atom is 0.164 e. The van der Waals surface area contributed by atoms with Gasteiger partial charge in [-0.1, -0.05) is 121 Å².